The Morgan fingerprint density at radius 1 is 1.40 bits per heavy atom. The van der Waals surface area contributed by atoms with Crippen molar-refractivity contribution in [2.24, 2.45) is 0 Å². The molecule has 0 radical (unpaired) electrons. The zero-order valence-electron chi connectivity index (χ0n) is 5.07. The molecule has 10 heavy (non-hydrogen) atoms. The fraction of sp³-hybridized carbons (Fsp3) is 0.500. The Balaban J connectivity index is 0. The molecule has 0 aromatic rings. The van der Waals surface area contributed by atoms with Crippen LogP contribution >= 0.6 is 0 Å². The van der Waals surface area contributed by atoms with E-state index in [1.807, 2.05) is 0 Å². The second-order valence-electron chi connectivity index (χ2n) is 1.41. The first-order valence-corrected chi connectivity index (χ1v) is 2.13. The molecule has 6 heteroatoms. The molecule has 0 rings (SSSR count). The molecule has 0 bridgehead atoms. The summed E-state index contributed by atoms with van der Waals surface area (Å²) in [6.45, 7) is 0. The van der Waals surface area contributed by atoms with E-state index in [0.717, 1.165) is 0 Å². The molecule has 1 N–H and O–H groups in total. The summed E-state index contributed by atoms with van der Waals surface area (Å²) < 4.78 is 0. The first-order chi connectivity index (χ1) is 4.04. The number of carboxylic acid groups (broad SMARTS) is 2. The molecule has 0 heterocycles. The molecule has 0 aliphatic carbocycles. The first kappa shape index (κ1) is 11.8. The number of carbonyl (C=O) groups is 2. The van der Waals surface area contributed by atoms with Crippen LogP contribution in [0.4, 0.5) is 0 Å². The SMILES string of the molecule is O=C([O-])CC(O)C(=O)[O-].[Be+2]. The fourth-order valence-electron chi connectivity index (χ4n) is 0.241. The van der Waals surface area contributed by atoms with Crippen LogP contribution < -0.4 is 10.2 Å². The molecule has 5 nitrogen and oxygen atoms in total. The van der Waals surface area contributed by atoms with Gasteiger partial charge in [-0.1, -0.05) is 0 Å². The van der Waals surface area contributed by atoms with Crippen molar-refractivity contribution in [1.82, 2.24) is 0 Å². The predicted molar refractivity (Wildman–Crippen MR) is 26.4 cm³/mol. The molecule has 0 saturated heterocycles. The maximum atomic E-state index is 9.58. The molecule has 0 aromatic heterocycles. The maximum absolute atomic E-state index is 9.58. The molecule has 52 valence electrons. The number of carboxylic acids is 2. The summed E-state index contributed by atoms with van der Waals surface area (Å²) >= 11 is 0. The molecule has 0 fully saturated rings. The zero-order chi connectivity index (χ0) is 7.44. The summed E-state index contributed by atoms with van der Waals surface area (Å²) in [7, 11) is 0. The second kappa shape index (κ2) is 4.90. The van der Waals surface area contributed by atoms with Crippen LogP contribution in [0.5, 0.6) is 0 Å². The molecule has 0 aliphatic rings. The largest absolute Gasteiger partial charge is 2.00 e. The minimum absolute atomic E-state index is 0. The Kier molecular flexibility index (Phi) is 5.79. The third kappa shape index (κ3) is 5.21. The predicted octanol–water partition coefficient (Wildman–Crippen LogP) is -4.14. The number of hydrogen-bond donors (Lipinski definition) is 1. The summed E-state index contributed by atoms with van der Waals surface area (Å²) in [4.78, 5) is 19.1. The minimum Gasteiger partial charge on any atom is -0.550 e. The van der Waals surface area contributed by atoms with E-state index >= 15 is 0 Å². The van der Waals surface area contributed by atoms with E-state index in [-0.39, 0.29) is 10.1 Å². The fourth-order valence-corrected chi connectivity index (χ4v) is 0.241. The monoisotopic (exact) mass is 141 g/mol. The van der Waals surface area contributed by atoms with Gasteiger partial charge in [-0.25, -0.2) is 0 Å². The molecule has 0 amide bonds. The van der Waals surface area contributed by atoms with E-state index in [9.17, 15) is 19.8 Å². The number of aliphatic hydroxyl groups excluding tert-OH is 1. The average Bonchev–Trinajstić information content (AvgIpc) is 1.63. The van der Waals surface area contributed by atoms with Crippen molar-refractivity contribution < 1.29 is 24.9 Å². The Bertz CT molecular complexity index is 134. The molecule has 0 aromatic carbocycles. The average molecular weight is 141 g/mol. The third-order valence-corrected chi connectivity index (χ3v) is 0.632. The van der Waals surface area contributed by atoms with Crippen LogP contribution in [0.25, 0.3) is 0 Å². The Morgan fingerprint density at radius 2 is 1.80 bits per heavy atom. The van der Waals surface area contributed by atoms with Crippen molar-refractivity contribution >= 4 is 22.1 Å². The van der Waals surface area contributed by atoms with Gasteiger partial charge in [0.15, 0.2) is 0 Å². The number of aliphatic carboxylic acids is 2. The van der Waals surface area contributed by atoms with Crippen LogP contribution in [0, 0.1) is 0 Å². The van der Waals surface area contributed by atoms with Gasteiger partial charge in [0, 0.05) is 12.4 Å². The Hall–Kier alpha value is -0.931. The Labute approximate surface area is 60.5 Å². The van der Waals surface area contributed by atoms with Gasteiger partial charge in [0.25, 0.3) is 0 Å². The van der Waals surface area contributed by atoms with Crippen LogP contribution in [0.15, 0.2) is 0 Å². The van der Waals surface area contributed by atoms with Crippen LogP contribution in [-0.2, 0) is 9.59 Å². The molecule has 0 aliphatic heterocycles. The zero-order valence-corrected chi connectivity index (χ0v) is 5.07. The van der Waals surface area contributed by atoms with E-state index in [0.29, 0.717) is 0 Å². The summed E-state index contributed by atoms with van der Waals surface area (Å²) in [5.74, 6) is -3.43. The van der Waals surface area contributed by atoms with Crippen molar-refractivity contribution in [3.05, 3.63) is 0 Å². The van der Waals surface area contributed by atoms with Crippen molar-refractivity contribution in [3.63, 3.8) is 0 Å². The van der Waals surface area contributed by atoms with Gasteiger partial charge in [-0.3, -0.25) is 0 Å². The smallest absolute Gasteiger partial charge is 0.550 e. The van der Waals surface area contributed by atoms with Crippen LogP contribution in [0.2, 0.25) is 0 Å². The van der Waals surface area contributed by atoms with Crippen molar-refractivity contribution in [2.75, 3.05) is 0 Å². The van der Waals surface area contributed by atoms with E-state index in [1.54, 1.807) is 0 Å². The molecule has 1 unspecified atom stereocenters. The van der Waals surface area contributed by atoms with Gasteiger partial charge in [-0.05, 0) is 0 Å². The standard InChI is InChI=1S/C4H6O5.Be/c5-2(4(8)9)1-3(6)7;/h2,5H,1H2,(H,6,7)(H,8,9);/q;+2/p-2. The van der Waals surface area contributed by atoms with Gasteiger partial charge in [0.2, 0.25) is 0 Å². The second-order valence-corrected chi connectivity index (χ2v) is 1.41. The Morgan fingerprint density at radius 3 is 1.90 bits per heavy atom. The molecule has 0 spiro atoms. The van der Waals surface area contributed by atoms with Crippen molar-refractivity contribution in [1.29, 1.82) is 0 Å². The number of rotatable bonds is 3. The van der Waals surface area contributed by atoms with Gasteiger partial charge in [-0.15, -0.1) is 0 Å². The number of hydrogen-bond acceptors (Lipinski definition) is 5. The molecule has 1 atom stereocenters. The van der Waals surface area contributed by atoms with E-state index in [1.165, 1.54) is 0 Å². The quantitative estimate of drug-likeness (QED) is 0.402. The summed E-state index contributed by atoms with van der Waals surface area (Å²) in [5.41, 5.74) is 0. The summed E-state index contributed by atoms with van der Waals surface area (Å²) in [6.07, 6.45) is -2.89. The molecular formula is C4H4BeO5. The topological polar surface area (TPSA) is 100 Å². The number of aliphatic hydroxyl groups is 1. The maximum Gasteiger partial charge on any atom is 2.00 e. The van der Waals surface area contributed by atoms with Gasteiger partial charge in [0.1, 0.15) is 0 Å². The van der Waals surface area contributed by atoms with Crippen molar-refractivity contribution in [2.45, 2.75) is 12.5 Å². The van der Waals surface area contributed by atoms with E-state index in [4.69, 9.17) is 5.11 Å². The van der Waals surface area contributed by atoms with Crippen LogP contribution in [0.1, 0.15) is 6.42 Å². The van der Waals surface area contributed by atoms with Gasteiger partial charge in [-0.2, -0.15) is 0 Å². The van der Waals surface area contributed by atoms with Gasteiger partial charge in [0.05, 0.1) is 12.1 Å². The normalized spacial score (nSPS) is 11.3. The van der Waals surface area contributed by atoms with Crippen LogP contribution in [-0.4, -0.2) is 33.3 Å². The number of carbonyl (C=O) groups excluding carboxylic acids is 2. The van der Waals surface area contributed by atoms with Crippen molar-refractivity contribution in [3.8, 4) is 0 Å². The van der Waals surface area contributed by atoms with Gasteiger partial charge < -0.3 is 24.9 Å². The minimum atomic E-state index is -1.96. The summed E-state index contributed by atoms with van der Waals surface area (Å²) in [5, 5.41) is 27.3. The summed E-state index contributed by atoms with van der Waals surface area (Å²) in [6, 6.07) is 0. The van der Waals surface area contributed by atoms with E-state index < -0.39 is 24.5 Å². The first-order valence-electron chi connectivity index (χ1n) is 2.13. The molecular weight excluding hydrogens is 137 g/mol. The molecule has 0 saturated carbocycles. The van der Waals surface area contributed by atoms with E-state index in [2.05, 4.69) is 0 Å². The van der Waals surface area contributed by atoms with Gasteiger partial charge >= 0.3 is 10.1 Å². The van der Waals surface area contributed by atoms with Crippen LogP contribution in [0.3, 0.4) is 0 Å². The third-order valence-electron chi connectivity index (χ3n) is 0.632.